The van der Waals surface area contributed by atoms with Crippen molar-refractivity contribution in [3.8, 4) is 0 Å². The Morgan fingerprint density at radius 3 is 2.29 bits per heavy atom. The van der Waals surface area contributed by atoms with Crippen LogP contribution in [0.25, 0.3) is 0 Å². The Morgan fingerprint density at radius 1 is 1.86 bits per heavy atom. The van der Waals surface area contributed by atoms with Crippen LogP contribution in [0.1, 0.15) is 6.42 Å². The van der Waals surface area contributed by atoms with Crippen LogP contribution in [0.15, 0.2) is 12.7 Å². The van der Waals surface area contributed by atoms with Crippen LogP contribution in [0.2, 0.25) is 0 Å². The number of hydrogen-bond donors (Lipinski definition) is 1. The first kappa shape index (κ1) is 10.2. The second kappa shape index (κ2) is 6.21. The van der Waals surface area contributed by atoms with Crippen LogP contribution in [-0.4, -0.2) is 35.5 Å². The summed E-state index contributed by atoms with van der Waals surface area (Å²) in [4.78, 5) is 9.75. The average Bonchev–Trinajstić information content (AvgIpc) is 1.35. The van der Waals surface area contributed by atoms with Crippen LogP contribution < -0.4 is 5.73 Å². The van der Waals surface area contributed by atoms with Gasteiger partial charge in [0.15, 0.2) is 0 Å². The van der Waals surface area contributed by atoms with E-state index in [0.29, 0.717) is 0 Å². The van der Waals surface area contributed by atoms with Crippen molar-refractivity contribution >= 4 is 35.5 Å². The van der Waals surface area contributed by atoms with Gasteiger partial charge in [0, 0.05) is 6.42 Å². The van der Waals surface area contributed by atoms with Gasteiger partial charge in [-0.15, -0.1) is 6.58 Å². The van der Waals surface area contributed by atoms with Gasteiger partial charge in [-0.1, -0.05) is 6.08 Å². The summed E-state index contributed by atoms with van der Waals surface area (Å²) in [5.74, 6) is -0.329. The van der Waals surface area contributed by atoms with E-state index in [1.54, 1.807) is 0 Å². The maximum absolute atomic E-state index is 9.75. The fraction of sp³-hybridized carbons (Fsp3) is 0.250. The summed E-state index contributed by atoms with van der Waals surface area (Å²) in [5.41, 5.74) is 4.69. The van der Waals surface area contributed by atoms with Crippen molar-refractivity contribution in [3.05, 3.63) is 12.7 Å². The molecule has 0 heterocycles. The van der Waals surface area contributed by atoms with Crippen molar-refractivity contribution in [3.63, 3.8) is 0 Å². The predicted octanol–water partition coefficient (Wildman–Crippen LogP) is -0.601. The van der Waals surface area contributed by atoms with Crippen molar-refractivity contribution < 1.29 is 4.79 Å². The van der Waals surface area contributed by atoms with E-state index >= 15 is 0 Å². The first-order chi connectivity index (χ1) is 2.77. The Kier molecular flexibility index (Phi) is 9.09. The molecule has 0 aromatic carbocycles. The molecule has 0 aliphatic rings. The van der Waals surface area contributed by atoms with E-state index in [1.165, 1.54) is 6.08 Å². The van der Waals surface area contributed by atoms with Gasteiger partial charge >= 0.3 is 29.6 Å². The molecule has 0 atom stereocenters. The third kappa shape index (κ3) is 10.7. The number of hydrogen-bond acceptors (Lipinski definition) is 1. The Hall–Kier alpha value is 0.210. The Labute approximate surface area is 65.1 Å². The molecular formula is C4H8NNaO. The number of primary amides is 1. The second-order valence-electron chi connectivity index (χ2n) is 0.959. The summed E-state index contributed by atoms with van der Waals surface area (Å²) in [5, 5.41) is 0. The molecule has 1 amide bonds. The van der Waals surface area contributed by atoms with E-state index < -0.39 is 0 Å². The standard InChI is InChI=1S/C4H7NO.Na.H/c1-2-3-4(5)6;;/h2H,1,3H2,(H2,5,6);;. The first-order valence-corrected chi connectivity index (χ1v) is 1.66. The maximum atomic E-state index is 9.75. The topological polar surface area (TPSA) is 43.1 Å². The molecule has 0 aromatic heterocycles. The van der Waals surface area contributed by atoms with E-state index in [9.17, 15) is 4.79 Å². The van der Waals surface area contributed by atoms with Gasteiger partial charge in [0.1, 0.15) is 0 Å². The third-order valence-electron chi connectivity index (χ3n) is 0.346. The molecule has 0 radical (unpaired) electrons. The van der Waals surface area contributed by atoms with Crippen LogP contribution in [0.3, 0.4) is 0 Å². The fourth-order valence-corrected chi connectivity index (χ4v) is 0.142. The van der Waals surface area contributed by atoms with Gasteiger partial charge in [0.05, 0.1) is 0 Å². The van der Waals surface area contributed by atoms with Gasteiger partial charge < -0.3 is 5.73 Å². The molecule has 2 N–H and O–H groups in total. The molecule has 36 valence electrons. The zero-order valence-electron chi connectivity index (χ0n) is 3.48. The summed E-state index contributed by atoms with van der Waals surface area (Å²) >= 11 is 0. The molecule has 3 heteroatoms. The number of carbonyl (C=O) groups excluding carboxylic acids is 1. The average molecular weight is 109 g/mol. The van der Waals surface area contributed by atoms with Crippen LogP contribution >= 0.6 is 0 Å². The number of nitrogens with two attached hydrogens (primary N) is 1. The summed E-state index contributed by atoms with van der Waals surface area (Å²) < 4.78 is 0. The molecule has 0 saturated carbocycles. The van der Waals surface area contributed by atoms with E-state index in [4.69, 9.17) is 5.73 Å². The SMILES string of the molecule is C=CCC(N)=O.[NaH]. The first-order valence-electron chi connectivity index (χ1n) is 1.66. The molecular weight excluding hydrogens is 101 g/mol. The minimum atomic E-state index is -0.329. The normalized spacial score (nSPS) is 6.29. The molecule has 0 bridgehead atoms. The summed E-state index contributed by atoms with van der Waals surface area (Å²) in [7, 11) is 0. The Balaban J connectivity index is 0. The monoisotopic (exact) mass is 109 g/mol. The second-order valence-corrected chi connectivity index (χ2v) is 0.959. The number of carbonyl (C=O) groups is 1. The molecule has 2 nitrogen and oxygen atoms in total. The van der Waals surface area contributed by atoms with Crippen molar-refractivity contribution in [1.29, 1.82) is 0 Å². The van der Waals surface area contributed by atoms with Gasteiger partial charge in [-0.25, -0.2) is 0 Å². The van der Waals surface area contributed by atoms with Crippen molar-refractivity contribution in [2.24, 2.45) is 5.73 Å². The predicted molar refractivity (Wildman–Crippen MR) is 31.2 cm³/mol. The van der Waals surface area contributed by atoms with Crippen LogP contribution in [0, 0.1) is 0 Å². The molecule has 0 spiro atoms. The number of amides is 1. The van der Waals surface area contributed by atoms with Crippen LogP contribution in [0.4, 0.5) is 0 Å². The zero-order valence-corrected chi connectivity index (χ0v) is 3.48. The van der Waals surface area contributed by atoms with Gasteiger partial charge in [-0.3, -0.25) is 4.79 Å². The third-order valence-corrected chi connectivity index (χ3v) is 0.346. The molecule has 0 aliphatic carbocycles. The fourth-order valence-electron chi connectivity index (χ4n) is 0.142. The van der Waals surface area contributed by atoms with Gasteiger partial charge in [0.2, 0.25) is 5.91 Å². The molecule has 0 aromatic rings. The quantitative estimate of drug-likeness (QED) is 0.373. The van der Waals surface area contributed by atoms with Crippen LogP contribution in [0.5, 0.6) is 0 Å². The van der Waals surface area contributed by atoms with Crippen molar-refractivity contribution in [2.45, 2.75) is 6.42 Å². The summed E-state index contributed by atoms with van der Waals surface area (Å²) in [6.45, 7) is 3.30. The van der Waals surface area contributed by atoms with E-state index in [1.807, 2.05) is 0 Å². The molecule has 0 unspecified atom stereocenters. The molecule has 7 heavy (non-hydrogen) atoms. The van der Waals surface area contributed by atoms with Gasteiger partial charge in [-0.05, 0) is 0 Å². The summed E-state index contributed by atoms with van der Waals surface area (Å²) in [6.07, 6.45) is 1.75. The minimum absolute atomic E-state index is 0. The number of rotatable bonds is 2. The van der Waals surface area contributed by atoms with Crippen molar-refractivity contribution in [1.82, 2.24) is 0 Å². The molecule has 0 rings (SSSR count). The molecule has 0 aliphatic heterocycles. The van der Waals surface area contributed by atoms with Crippen LogP contribution in [-0.2, 0) is 4.79 Å². The van der Waals surface area contributed by atoms with Gasteiger partial charge in [0.25, 0.3) is 0 Å². The Bertz CT molecular complexity index is 72.1. The Morgan fingerprint density at radius 2 is 2.29 bits per heavy atom. The van der Waals surface area contributed by atoms with E-state index in [0.717, 1.165) is 0 Å². The molecule has 0 fully saturated rings. The van der Waals surface area contributed by atoms with E-state index in [-0.39, 0.29) is 41.9 Å². The zero-order chi connectivity index (χ0) is 4.99. The van der Waals surface area contributed by atoms with Crippen molar-refractivity contribution in [2.75, 3.05) is 0 Å². The van der Waals surface area contributed by atoms with E-state index in [2.05, 4.69) is 6.58 Å². The van der Waals surface area contributed by atoms with Gasteiger partial charge in [-0.2, -0.15) is 0 Å². The summed E-state index contributed by atoms with van der Waals surface area (Å²) in [6, 6.07) is 0. The molecule has 0 saturated heterocycles.